The van der Waals surface area contributed by atoms with Crippen LogP contribution in [0.4, 0.5) is 0 Å². The zero-order chi connectivity index (χ0) is 21.3. The van der Waals surface area contributed by atoms with Gasteiger partial charge in [-0.05, 0) is 43.2 Å². The van der Waals surface area contributed by atoms with Crippen LogP contribution in [0.25, 0.3) is 11.3 Å². The molecule has 3 aromatic rings. The highest BCUT2D eigenvalue weighted by atomic mass is 32.2. The van der Waals surface area contributed by atoms with Gasteiger partial charge >= 0.3 is 0 Å². The van der Waals surface area contributed by atoms with Crippen molar-refractivity contribution in [3.05, 3.63) is 70.5 Å². The number of hydrogen-bond acceptors (Lipinski definition) is 6. The fourth-order valence-electron chi connectivity index (χ4n) is 3.63. The number of pyridine rings is 1. The lowest BCUT2D eigenvalue weighted by Gasteiger charge is -2.19. The van der Waals surface area contributed by atoms with Crippen molar-refractivity contribution in [3.63, 3.8) is 0 Å². The van der Waals surface area contributed by atoms with Crippen molar-refractivity contribution < 1.29 is 13.2 Å². The molecule has 0 bridgehead atoms. The van der Waals surface area contributed by atoms with Crippen molar-refractivity contribution in [3.8, 4) is 17.0 Å². The fraction of sp³-hybridized carbons (Fsp3) is 0.286. The lowest BCUT2D eigenvalue weighted by atomic mass is 10.1. The summed E-state index contributed by atoms with van der Waals surface area (Å²) in [6.45, 7) is 2.41. The molecule has 9 heteroatoms. The summed E-state index contributed by atoms with van der Waals surface area (Å²) < 4.78 is 33.2. The molecule has 3 heterocycles. The van der Waals surface area contributed by atoms with Crippen LogP contribution < -0.4 is 10.3 Å². The van der Waals surface area contributed by atoms with E-state index in [1.54, 1.807) is 30.6 Å². The van der Waals surface area contributed by atoms with Gasteiger partial charge < -0.3 is 9.72 Å². The second-order valence-corrected chi connectivity index (χ2v) is 9.17. The summed E-state index contributed by atoms with van der Waals surface area (Å²) in [7, 11) is -2.29. The minimum Gasteiger partial charge on any atom is -0.495 e. The second-order valence-electron chi connectivity index (χ2n) is 7.26. The molecular weight excluding hydrogens is 404 g/mol. The van der Waals surface area contributed by atoms with E-state index in [-0.39, 0.29) is 22.9 Å². The molecule has 1 N–H and O–H groups in total. The van der Waals surface area contributed by atoms with Gasteiger partial charge in [0, 0.05) is 43.0 Å². The number of sulfonamides is 1. The number of aromatic amines is 1. The number of methoxy groups -OCH3 is 1. The number of nitrogens with one attached hydrogen (secondary N) is 1. The van der Waals surface area contributed by atoms with Gasteiger partial charge in [-0.2, -0.15) is 4.31 Å². The Balaban J connectivity index is 1.63. The van der Waals surface area contributed by atoms with E-state index in [1.807, 2.05) is 19.1 Å². The maximum absolute atomic E-state index is 13.2. The molecule has 1 aliphatic heterocycles. The quantitative estimate of drug-likeness (QED) is 0.671. The van der Waals surface area contributed by atoms with Crippen molar-refractivity contribution >= 4 is 10.0 Å². The van der Waals surface area contributed by atoms with Gasteiger partial charge in [0.2, 0.25) is 10.0 Å². The number of rotatable bonds is 5. The summed E-state index contributed by atoms with van der Waals surface area (Å²) in [5, 5.41) is 0. The van der Waals surface area contributed by atoms with E-state index >= 15 is 0 Å². The van der Waals surface area contributed by atoms with Crippen LogP contribution in [0.15, 0.2) is 58.5 Å². The van der Waals surface area contributed by atoms with Crippen LogP contribution in [0.5, 0.6) is 5.75 Å². The molecule has 1 aliphatic rings. The van der Waals surface area contributed by atoms with Gasteiger partial charge in [0.15, 0.2) is 0 Å². The van der Waals surface area contributed by atoms with E-state index in [2.05, 4.69) is 15.0 Å². The standard InChI is InChI=1S/C21H22N4O4S/c1-14-5-6-18(29-2)19(10-14)30(27,28)25-9-7-16(13-25)21-23-17(11-20(26)24-21)15-4-3-8-22-12-15/h3-6,8,10-12,16H,7,9,13H2,1-2H3,(H,23,24,26)/t16-/m1/s1. The molecule has 0 aliphatic carbocycles. The number of benzene rings is 1. The number of H-pyrrole nitrogens is 1. The third kappa shape index (κ3) is 3.86. The molecule has 1 atom stereocenters. The maximum atomic E-state index is 13.2. The molecule has 0 spiro atoms. The Morgan fingerprint density at radius 3 is 2.80 bits per heavy atom. The normalized spacial score (nSPS) is 17.2. The molecule has 1 fully saturated rings. The Bertz CT molecular complexity index is 1230. The first-order valence-electron chi connectivity index (χ1n) is 9.55. The van der Waals surface area contributed by atoms with E-state index in [4.69, 9.17) is 4.74 Å². The number of aryl methyl sites for hydroxylation is 1. The van der Waals surface area contributed by atoms with Gasteiger partial charge in [0.1, 0.15) is 16.5 Å². The highest BCUT2D eigenvalue weighted by Gasteiger charge is 2.36. The van der Waals surface area contributed by atoms with Gasteiger partial charge in [-0.1, -0.05) is 6.07 Å². The Hall–Kier alpha value is -3.04. The highest BCUT2D eigenvalue weighted by molar-refractivity contribution is 7.89. The lowest BCUT2D eigenvalue weighted by molar-refractivity contribution is 0.398. The SMILES string of the molecule is COc1ccc(C)cc1S(=O)(=O)N1CC[C@@H](c2nc(-c3cccnc3)cc(=O)[nH]2)C1. The van der Waals surface area contributed by atoms with Crippen LogP contribution in [-0.4, -0.2) is 47.9 Å². The predicted molar refractivity (Wildman–Crippen MR) is 112 cm³/mol. The minimum atomic E-state index is -3.74. The highest BCUT2D eigenvalue weighted by Crippen LogP contribution is 2.33. The summed E-state index contributed by atoms with van der Waals surface area (Å²) in [6.07, 6.45) is 3.85. The Morgan fingerprint density at radius 1 is 1.23 bits per heavy atom. The topological polar surface area (TPSA) is 105 Å². The van der Waals surface area contributed by atoms with Crippen molar-refractivity contribution in [2.45, 2.75) is 24.2 Å². The zero-order valence-electron chi connectivity index (χ0n) is 16.7. The second kappa shape index (κ2) is 8.00. The minimum absolute atomic E-state index is 0.149. The average Bonchev–Trinajstić information content (AvgIpc) is 3.25. The van der Waals surface area contributed by atoms with E-state index in [9.17, 15) is 13.2 Å². The molecule has 0 radical (unpaired) electrons. The summed E-state index contributed by atoms with van der Waals surface area (Å²) in [4.78, 5) is 23.8. The van der Waals surface area contributed by atoms with Crippen molar-refractivity contribution in [1.29, 1.82) is 0 Å². The Morgan fingerprint density at radius 2 is 2.07 bits per heavy atom. The Labute approximate surface area is 174 Å². The first-order valence-corrected chi connectivity index (χ1v) is 11.0. The Kier molecular flexibility index (Phi) is 5.40. The van der Waals surface area contributed by atoms with Gasteiger partial charge in [-0.15, -0.1) is 0 Å². The number of hydrogen-bond donors (Lipinski definition) is 1. The van der Waals surface area contributed by atoms with E-state index < -0.39 is 10.0 Å². The van der Waals surface area contributed by atoms with Crippen LogP contribution in [0, 0.1) is 6.92 Å². The molecule has 1 saturated heterocycles. The number of nitrogens with zero attached hydrogens (tertiary/aromatic N) is 3. The summed E-state index contributed by atoms with van der Waals surface area (Å²) in [5.41, 5.74) is 1.81. The molecule has 30 heavy (non-hydrogen) atoms. The van der Waals surface area contributed by atoms with E-state index in [1.165, 1.54) is 17.5 Å². The lowest BCUT2D eigenvalue weighted by Crippen LogP contribution is -2.29. The molecule has 2 aromatic heterocycles. The van der Waals surface area contributed by atoms with Crippen molar-refractivity contribution in [2.24, 2.45) is 0 Å². The van der Waals surface area contributed by atoms with Crippen molar-refractivity contribution in [1.82, 2.24) is 19.3 Å². The monoisotopic (exact) mass is 426 g/mol. The van der Waals surface area contributed by atoms with Crippen LogP contribution in [-0.2, 0) is 10.0 Å². The first kappa shape index (κ1) is 20.2. The van der Waals surface area contributed by atoms with Crippen LogP contribution >= 0.6 is 0 Å². The first-order chi connectivity index (χ1) is 14.4. The third-order valence-electron chi connectivity index (χ3n) is 5.19. The molecule has 156 valence electrons. The van der Waals surface area contributed by atoms with Crippen LogP contribution in [0.2, 0.25) is 0 Å². The number of ether oxygens (including phenoxy) is 1. The fourth-order valence-corrected chi connectivity index (χ4v) is 5.37. The zero-order valence-corrected chi connectivity index (χ0v) is 17.5. The average molecular weight is 426 g/mol. The molecule has 0 saturated carbocycles. The summed E-state index contributed by atoms with van der Waals surface area (Å²) in [6, 6.07) is 10.1. The van der Waals surface area contributed by atoms with Gasteiger partial charge in [0.05, 0.1) is 12.8 Å². The smallest absolute Gasteiger partial charge is 0.251 e. The van der Waals surface area contributed by atoms with Gasteiger partial charge in [-0.3, -0.25) is 9.78 Å². The van der Waals surface area contributed by atoms with E-state index in [0.29, 0.717) is 30.2 Å². The molecule has 0 amide bonds. The molecule has 0 unspecified atom stereocenters. The van der Waals surface area contributed by atoms with Crippen molar-refractivity contribution in [2.75, 3.05) is 20.2 Å². The molecule has 8 nitrogen and oxygen atoms in total. The molecule has 4 rings (SSSR count). The third-order valence-corrected chi connectivity index (χ3v) is 7.08. The predicted octanol–water partition coefficient (Wildman–Crippen LogP) is 2.33. The summed E-state index contributed by atoms with van der Waals surface area (Å²) in [5.74, 6) is 0.587. The molecule has 1 aromatic carbocycles. The van der Waals surface area contributed by atoms with E-state index in [0.717, 1.165) is 11.1 Å². The maximum Gasteiger partial charge on any atom is 0.251 e. The largest absolute Gasteiger partial charge is 0.495 e. The number of aromatic nitrogens is 3. The van der Waals surface area contributed by atoms with Gasteiger partial charge in [0.25, 0.3) is 5.56 Å². The summed E-state index contributed by atoms with van der Waals surface area (Å²) >= 11 is 0. The van der Waals surface area contributed by atoms with Crippen LogP contribution in [0.3, 0.4) is 0 Å². The van der Waals surface area contributed by atoms with Gasteiger partial charge in [-0.25, -0.2) is 13.4 Å². The van der Waals surface area contributed by atoms with Crippen LogP contribution in [0.1, 0.15) is 23.7 Å². The molecular formula is C21H22N4O4S.